The minimum Gasteiger partial charge on any atom is -0.368 e. The van der Waals surface area contributed by atoms with Crippen LogP contribution in [0, 0.1) is 5.82 Å². The standard InChI is InChI=1S/C21H23FO3/c1-3-18-20(23-12-14-8-4-7-11-17(14)22)21-19(25-18)16-10-6-5-9-15(16)13(2)24-21/h4-11,13,18-21H,3,12H2,1-2H3/t13-,18+,19+,20-,21-/m0/s1. The van der Waals surface area contributed by atoms with Gasteiger partial charge in [-0.1, -0.05) is 49.4 Å². The molecule has 2 aromatic rings. The van der Waals surface area contributed by atoms with Crippen molar-refractivity contribution in [2.45, 2.75) is 57.4 Å². The molecule has 0 aliphatic carbocycles. The molecule has 2 aliphatic rings. The number of hydrogen-bond acceptors (Lipinski definition) is 3. The topological polar surface area (TPSA) is 27.7 Å². The van der Waals surface area contributed by atoms with Gasteiger partial charge in [0.15, 0.2) is 0 Å². The Kier molecular flexibility index (Phi) is 4.59. The van der Waals surface area contributed by atoms with Crippen molar-refractivity contribution >= 4 is 0 Å². The summed E-state index contributed by atoms with van der Waals surface area (Å²) in [5.41, 5.74) is 2.92. The third kappa shape index (κ3) is 2.99. The number of hydrogen-bond donors (Lipinski definition) is 0. The molecule has 0 radical (unpaired) electrons. The van der Waals surface area contributed by atoms with E-state index in [4.69, 9.17) is 14.2 Å². The Morgan fingerprint density at radius 3 is 2.48 bits per heavy atom. The molecule has 3 nitrogen and oxygen atoms in total. The van der Waals surface area contributed by atoms with Gasteiger partial charge in [0.05, 0.1) is 18.8 Å². The van der Waals surface area contributed by atoms with Crippen LogP contribution in [0.5, 0.6) is 0 Å². The first-order chi connectivity index (χ1) is 12.2. The summed E-state index contributed by atoms with van der Waals surface area (Å²) in [5.74, 6) is -0.241. The lowest BCUT2D eigenvalue weighted by Gasteiger charge is -2.34. The summed E-state index contributed by atoms with van der Waals surface area (Å²) in [7, 11) is 0. The fourth-order valence-corrected chi connectivity index (χ4v) is 3.91. The van der Waals surface area contributed by atoms with Gasteiger partial charge in [-0.15, -0.1) is 0 Å². The molecule has 2 heterocycles. The molecule has 2 aliphatic heterocycles. The smallest absolute Gasteiger partial charge is 0.128 e. The van der Waals surface area contributed by atoms with Crippen LogP contribution in [0.15, 0.2) is 48.5 Å². The Balaban J connectivity index is 1.57. The maximum absolute atomic E-state index is 13.9. The largest absolute Gasteiger partial charge is 0.368 e. The van der Waals surface area contributed by atoms with Crippen LogP contribution in [0.3, 0.4) is 0 Å². The molecule has 0 saturated carbocycles. The van der Waals surface area contributed by atoms with Gasteiger partial charge in [0.2, 0.25) is 0 Å². The highest BCUT2D eigenvalue weighted by molar-refractivity contribution is 5.35. The van der Waals surface area contributed by atoms with Crippen molar-refractivity contribution in [1.82, 2.24) is 0 Å². The van der Waals surface area contributed by atoms with Gasteiger partial charge in [-0.3, -0.25) is 0 Å². The van der Waals surface area contributed by atoms with Crippen LogP contribution >= 0.6 is 0 Å². The monoisotopic (exact) mass is 342 g/mol. The average molecular weight is 342 g/mol. The van der Waals surface area contributed by atoms with Gasteiger partial charge in [0, 0.05) is 5.56 Å². The highest BCUT2D eigenvalue weighted by Crippen LogP contribution is 2.46. The lowest BCUT2D eigenvalue weighted by molar-refractivity contribution is -0.108. The van der Waals surface area contributed by atoms with Gasteiger partial charge >= 0.3 is 0 Å². The molecular weight excluding hydrogens is 319 g/mol. The first kappa shape index (κ1) is 16.7. The van der Waals surface area contributed by atoms with E-state index in [2.05, 4.69) is 26.0 Å². The SMILES string of the molecule is CC[C@H]1O[C@@H]2c3ccccc3[C@H](C)O[C@@H]2[C@H]1OCc1ccccc1F. The zero-order valence-electron chi connectivity index (χ0n) is 14.5. The first-order valence-electron chi connectivity index (χ1n) is 8.93. The van der Waals surface area contributed by atoms with Crippen LogP contribution in [0.25, 0.3) is 0 Å². The molecule has 1 fully saturated rings. The molecule has 4 heteroatoms. The summed E-state index contributed by atoms with van der Waals surface area (Å²) < 4.78 is 32.5. The Morgan fingerprint density at radius 2 is 1.72 bits per heavy atom. The van der Waals surface area contributed by atoms with Gasteiger partial charge in [-0.2, -0.15) is 0 Å². The van der Waals surface area contributed by atoms with Gasteiger partial charge in [0.1, 0.15) is 24.1 Å². The molecule has 0 bridgehead atoms. The lowest BCUT2D eigenvalue weighted by Crippen LogP contribution is -2.38. The highest BCUT2D eigenvalue weighted by Gasteiger charge is 2.49. The van der Waals surface area contributed by atoms with Crippen molar-refractivity contribution in [3.05, 3.63) is 71.0 Å². The van der Waals surface area contributed by atoms with E-state index in [0.717, 1.165) is 6.42 Å². The van der Waals surface area contributed by atoms with E-state index in [-0.39, 0.29) is 42.9 Å². The summed E-state index contributed by atoms with van der Waals surface area (Å²) in [6.07, 6.45) is 0.279. The fraction of sp³-hybridized carbons (Fsp3) is 0.429. The Bertz CT molecular complexity index is 747. The Labute approximate surface area is 147 Å². The summed E-state index contributed by atoms with van der Waals surface area (Å²) >= 11 is 0. The minimum atomic E-state index is -0.241. The summed E-state index contributed by atoms with van der Waals surface area (Å²) in [4.78, 5) is 0. The predicted octanol–water partition coefficient (Wildman–Crippen LogP) is 4.72. The van der Waals surface area contributed by atoms with E-state index in [0.29, 0.717) is 5.56 Å². The molecule has 0 unspecified atom stereocenters. The van der Waals surface area contributed by atoms with E-state index >= 15 is 0 Å². The maximum atomic E-state index is 13.9. The van der Waals surface area contributed by atoms with Crippen molar-refractivity contribution in [2.24, 2.45) is 0 Å². The van der Waals surface area contributed by atoms with Crippen LogP contribution in [0.1, 0.15) is 49.2 Å². The van der Waals surface area contributed by atoms with Crippen LogP contribution in [0.2, 0.25) is 0 Å². The van der Waals surface area contributed by atoms with Crippen LogP contribution in [0.4, 0.5) is 4.39 Å². The molecule has 0 spiro atoms. The number of rotatable bonds is 4. The van der Waals surface area contributed by atoms with E-state index < -0.39 is 0 Å². The zero-order chi connectivity index (χ0) is 17.4. The molecule has 132 valence electrons. The highest BCUT2D eigenvalue weighted by atomic mass is 19.1. The third-order valence-corrected chi connectivity index (χ3v) is 5.20. The molecule has 0 N–H and O–H groups in total. The second-order valence-corrected chi connectivity index (χ2v) is 6.74. The summed E-state index contributed by atoms with van der Waals surface area (Å²) in [5, 5.41) is 0. The summed E-state index contributed by atoms with van der Waals surface area (Å²) in [6, 6.07) is 15.0. The van der Waals surface area contributed by atoms with Gasteiger partial charge in [-0.25, -0.2) is 4.39 Å². The van der Waals surface area contributed by atoms with Crippen LogP contribution in [-0.4, -0.2) is 18.3 Å². The van der Waals surface area contributed by atoms with Crippen molar-refractivity contribution in [3.8, 4) is 0 Å². The van der Waals surface area contributed by atoms with Crippen molar-refractivity contribution in [3.63, 3.8) is 0 Å². The second kappa shape index (κ2) is 6.87. The van der Waals surface area contributed by atoms with Crippen molar-refractivity contribution in [2.75, 3.05) is 0 Å². The van der Waals surface area contributed by atoms with Crippen molar-refractivity contribution < 1.29 is 18.6 Å². The number of ether oxygens (including phenoxy) is 3. The maximum Gasteiger partial charge on any atom is 0.128 e. The van der Waals surface area contributed by atoms with Gasteiger partial charge in [0.25, 0.3) is 0 Å². The molecule has 5 atom stereocenters. The van der Waals surface area contributed by atoms with E-state index in [1.165, 1.54) is 17.2 Å². The van der Waals surface area contributed by atoms with Crippen molar-refractivity contribution in [1.29, 1.82) is 0 Å². The molecule has 0 aromatic heterocycles. The summed E-state index contributed by atoms with van der Waals surface area (Å²) in [6.45, 7) is 4.36. The fourth-order valence-electron chi connectivity index (χ4n) is 3.91. The number of halogens is 1. The quantitative estimate of drug-likeness (QED) is 0.804. The first-order valence-corrected chi connectivity index (χ1v) is 8.93. The molecule has 2 aromatic carbocycles. The van der Waals surface area contributed by atoms with Crippen LogP contribution < -0.4 is 0 Å². The second-order valence-electron chi connectivity index (χ2n) is 6.74. The molecule has 4 rings (SSSR count). The van der Waals surface area contributed by atoms with Gasteiger partial charge in [-0.05, 0) is 30.5 Å². The molecular formula is C21H23FO3. The van der Waals surface area contributed by atoms with E-state index in [1.54, 1.807) is 12.1 Å². The Hall–Kier alpha value is -1.75. The average Bonchev–Trinajstić information content (AvgIpc) is 2.99. The Morgan fingerprint density at radius 1 is 1.00 bits per heavy atom. The minimum absolute atomic E-state index is 0.00350. The zero-order valence-corrected chi connectivity index (χ0v) is 14.5. The predicted molar refractivity (Wildman–Crippen MR) is 92.6 cm³/mol. The normalized spacial score (nSPS) is 30.8. The van der Waals surface area contributed by atoms with Crippen LogP contribution in [-0.2, 0) is 20.8 Å². The number of fused-ring (bicyclic) bond motifs is 3. The molecule has 1 saturated heterocycles. The molecule has 0 amide bonds. The van der Waals surface area contributed by atoms with Gasteiger partial charge < -0.3 is 14.2 Å². The lowest BCUT2D eigenvalue weighted by atomic mass is 9.91. The number of benzene rings is 2. The third-order valence-electron chi connectivity index (χ3n) is 5.20. The van der Waals surface area contributed by atoms with E-state index in [9.17, 15) is 4.39 Å². The molecule has 25 heavy (non-hydrogen) atoms. The van der Waals surface area contributed by atoms with E-state index in [1.807, 2.05) is 18.2 Å².